The third-order valence-electron chi connectivity index (χ3n) is 3.24. The van der Waals surface area contributed by atoms with E-state index < -0.39 is 5.91 Å². The predicted molar refractivity (Wildman–Crippen MR) is 84.2 cm³/mol. The van der Waals surface area contributed by atoms with Crippen LogP contribution in [0.3, 0.4) is 0 Å². The van der Waals surface area contributed by atoms with Crippen LogP contribution in [0.2, 0.25) is 0 Å². The molecule has 0 bridgehead atoms. The molecule has 0 saturated heterocycles. The molecule has 0 fully saturated rings. The lowest BCUT2D eigenvalue weighted by Gasteiger charge is -2.17. The van der Waals surface area contributed by atoms with Crippen molar-refractivity contribution in [2.24, 2.45) is 5.73 Å². The van der Waals surface area contributed by atoms with E-state index in [0.717, 1.165) is 5.69 Å². The minimum atomic E-state index is -0.406. The van der Waals surface area contributed by atoms with Gasteiger partial charge >= 0.3 is 0 Å². The topological polar surface area (TPSA) is 76.2 Å². The first-order valence-corrected chi connectivity index (χ1v) is 6.80. The number of nitrogens with zero attached hydrogens (tertiary/aromatic N) is 3. The summed E-state index contributed by atoms with van der Waals surface area (Å²) in [6.07, 6.45) is 3.46. The molecular weight excluding hydrogens is 266 g/mol. The highest BCUT2D eigenvalue weighted by atomic mass is 16.1. The largest absolute Gasteiger partial charge is 0.378 e. The predicted octanol–water partition coefficient (Wildman–Crippen LogP) is 1.61. The molecule has 6 heteroatoms. The Balaban J connectivity index is 2.01. The van der Waals surface area contributed by atoms with Gasteiger partial charge in [-0.25, -0.2) is 0 Å². The third kappa shape index (κ3) is 3.98. The first kappa shape index (κ1) is 14.9. The van der Waals surface area contributed by atoms with Crippen LogP contribution in [-0.2, 0) is 11.3 Å². The Kier molecular flexibility index (Phi) is 4.47. The van der Waals surface area contributed by atoms with Crippen LogP contribution in [0, 0.1) is 0 Å². The zero-order valence-electron chi connectivity index (χ0n) is 12.6. The average molecular weight is 287 g/mol. The molecule has 1 aromatic carbocycles. The molecule has 0 saturated carbocycles. The molecule has 0 aliphatic heterocycles. The highest BCUT2D eigenvalue weighted by Crippen LogP contribution is 2.21. The molecule has 1 unspecified atom stereocenters. The molecule has 0 spiro atoms. The van der Waals surface area contributed by atoms with Crippen LogP contribution in [0.15, 0.2) is 36.7 Å². The van der Waals surface area contributed by atoms with Gasteiger partial charge in [0.05, 0.1) is 11.9 Å². The van der Waals surface area contributed by atoms with E-state index in [-0.39, 0.29) is 12.6 Å². The smallest absolute Gasteiger partial charge is 0.239 e. The van der Waals surface area contributed by atoms with Crippen molar-refractivity contribution in [1.82, 2.24) is 9.78 Å². The number of rotatable bonds is 6. The van der Waals surface area contributed by atoms with Crippen molar-refractivity contribution in [2.45, 2.75) is 19.5 Å². The second-order valence-corrected chi connectivity index (χ2v) is 5.24. The lowest BCUT2D eigenvalue weighted by Crippen LogP contribution is -2.18. The molecule has 1 heterocycles. The van der Waals surface area contributed by atoms with Crippen LogP contribution >= 0.6 is 0 Å². The Morgan fingerprint density at radius 1 is 1.38 bits per heavy atom. The van der Waals surface area contributed by atoms with Gasteiger partial charge < -0.3 is 16.0 Å². The van der Waals surface area contributed by atoms with Crippen LogP contribution in [0.25, 0.3) is 0 Å². The van der Waals surface area contributed by atoms with Crippen molar-refractivity contribution in [3.05, 3.63) is 42.2 Å². The van der Waals surface area contributed by atoms with E-state index in [4.69, 9.17) is 5.73 Å². The molecule has 112 valence electrons. The van der Waals surface area contributed by atoms with Gasteiger partial charge in [0, 0.05) is 32.0 Å². The van der Waals surface area contributed by atoms with E-state index >= 15 is 0 Å². The zero-order valence-corrected chi connectivity index (χ0v) is 12.6. The molecule has 1 amide bonds. The summed E-state index contributed by atoms with van der Waals surface area (Å²) < 4.78 is 1.52. The molecule has 21 heavy (non-hydrogen) atoms. The first-order valence-electron chi connectivity index (χ1n) is 6.80. The zero-order chi connectivity index (χ0) is 15.4. The number of aromatic nitrogens is 2. The SMILES string of the molecule is CC(Nc1cnn(CC(N)=O)c1)c1ccc(N(C)C)cc1. The standard InChI is InChI=1S/C15H21N5O/c1-11(12-4-6-14(7-5-12)19(2)3)18-13-8-17-20(9-13)10-15(16)21/h4-9,11,18H,10H2,1-3H3,(H2,16,21). The number of benzene rings is 1. The molecule has 1 aromatic heterocycles. The van der Waals surface area contributed by atoms with Gasteiger partial charge in [-0.15, -0.1) is 0 Å². The summed E-state index contributed by atoms with van der Waals surface area (Å²) in [6.45, 7) is 2.17. The van der Waals surface area contributed by atoms with Gasteiger partial charge in [-0.3, -0.25) is 9.48 Å². The summed E-state index contributed by atoms with van der Waals surface area (Å²) in [4.78, 5) is 12.9. The Labute approximate surface area is 124 Å². The van der Waals surface area contributed by atoms with Gasteiger partial charge in [-0.2, -0.15) is 5.10 Å². The Bertz CT molecular complexity index is 603. The number of hydrogen-bond acceptors (Lipinski definition) is 4. The number of carbonyl (C=O) groups excluding carboxylic acids is 1. The number of nitrogens with one attached hydrogen (secondary N) is 1. The normalized spacial score (nSPS) is 12.0. The highest BCUT2D eigenvalue weighted by Gasteiger charge is 2.08. The molecule has 3 N–H and O–H groups in total. The molecule has 1 atom stereocenters. The van der Waals surface area contributed by atoms with Crippen LogP contribution in [0.5, 0.6) is 0 Å². The van der Waals surface area contributed by atoms with E-state index in [1.54, 1.807) is 12.4 Å². The molecular formula is C15H21N5O. The second kappa shape index (κ2) is 6.30. The summed E-state index contributed by atoms with van der Waals surface area (Å²) in [7, 11) is 4.04. The number of amides is 1. The van der Waals surface area contributed by atoms with Crippen molar-refractivity contribution in [3.63, 3.8) is 0 Å². The van der Waals surface area contributed by atoms with Gasteiger partial charge in [0.15, 0.2) is 0 Å². The van der Waals surface area contributed by atoms with Gasteiger partial charge in [0.2, 0.25) is 5.91 Å². The minimum Gasteiger partial charge on any atom is -0.378 e. The van der Waals surface area contributed by atoms with E-state index in [1.165, 1.54) is 15.9 Å². The minimum absolute atomic E-state index is 0.0909. The fourth-order valence-corrected chi connectivity index (χ4v) is 2.08. The summed E-state index contributed by atoms with van der Waals surface area (Å²) >= 11 is 0. The summed E-state index contributed by atoms with van der Waals surface area (Å²) in [5.41, 5.74) is 8.35. The van der Waals surface area contributed by atoms with E-state index in [2.05, 4.69) is 46.5 Å². The van der Waals surface area contributed by atoms with Gasteiger partial charge in [0.25, 0.3) is 0 Å². The van der Waals surface area contributed by atoms with Crippen molar-refractivity contribution in [2.75, 3.05) is 24.3 Å². The van der Waals surface area contributed by atoms with Crippen molar-refractivity contribution < 1.29 is 4.79 Å². The van der Waals surface area contributed by atoms with Gasteiger partial charge in [-0.1, -0.05) is 12.1 Å². The van der Waals surface area contributed by atoms with Crippen LogP contribution in [0.1, 0.15) is 18.5 Å². The summed E-state index contributed by atoms with van der Waals surface area (Å²) in [5.74, 6) is -0.406. The molecule has 6 nitrogen and oxygen atoms in total. The quantitative estimate of drug-likeness (QED) is 0.846. The highest BCUT2D eigenvalue weighted by molar-refractivity contribution is 5.73. The maximum absolute atomic E-state index is 10.8. The number of primary amides is 1. The fraction of sp³-hybridized carbons (Fsp3) is 0.333. The number of nitrogens with two attached hydrogens (primary N) is 1. The lowest BCUT2D eigenvalue weighted by atomic mass is 10.1. The number of hydrogen-bond donors (Lipinski definition) is 2. The lowest BCUT2D eigenvalue weighted by molar-refractivity contribution is -0.118. The van der Waals surface area contributed by atoms with Crippen LogP contribution in [-0.4, -0.2) is 29.8 Å². The van der Waals surface area contributed by atoms with Gasteiger partial charge in [0.1, 0.15) is 6.54 Å². The number of carbonyl (C=O) groups is 1. The Morgan fingerprint density at radius 3 is 2.62 bits per heavy atom. The van der Waals surface area contributed by atoms with E-state index in [9.17, 15) is 4.79 Å². The van der Waals surface area contributed by atoms with Gasteiger partial charge in [-0.05, 0) is 24.6 Å². The summed E-state index contributed by atoms with van der Waals surface area (Å²) in [5, 5.41) is 7.44. The third-order valence-corrected chi connectivity index (χ3v) is 3.24. The number of anilines is 2. The molecule has 0 radical (unpaired) electrons. The van der Waals surface area contributed by atoms with Crippen LogP contribution < -0.4 is 16.0 Å². The first-order chi connectivity index (χ1) is 9.95. The van der Waals surface area contributed by atoms with E-state index in [1.807, 2.05) is 14.1 Å². The Morgan fingerprint density at radius 2 is 2.05 bits per heavy atom. The monoisotopic (exact) mass is 287 g/mol. The summed E-state index contributed by atoms with van der Waals surface area (Å²) in [6, 6.07) is 8.52. The maximum atomic E-state index is 10.8. The average Bonchev–Trinajstić information content (AvgIpc) is 2.85. The van der Waals surface area contributed by atoms with Crippen molar-refractivity contribution >= 4 is 17.3 Å². The molecule has 0 aliphatic carbocycles. The maximum Gasteiger partial charge on any atom is 0.239 e. The fourth-order valence-electron chi connectivity index (χ4n) is 2.08. The van der Waals surface area contributed by atoms with E-state index in [0.29, 0.717) is 0 Å². The Hall–Kier alpha value is -2.50. The van der Waals surface area contributed by atoms with Crippen molar-refractivity contribution in [1.29, 1.82) is 0 Å². The molecule has 2 rings (SSSR count). The molecule has 2 aromatic rings. The van der Waals surface area contributed by atoms with Crippen LogP contribution in [0.4, 0.5) is 11.4 Å². The molecule has 0 aliphatic rings. The van der Waals surface area contributed by atoms with Crippen molar-refractivity contribution in [3.8, 4) is 0 Å². The second-order valence-electron chi connectivity index (χ2n) is 5.24.